The van der Waals surface area contributed by atoms with E-state index in [1.54, 1.807) is 0 Å². The van der Waals surface area contributed by atoms with Gasteiger partial charge in [-0.25, -0.2) is 4.79 Å². The van der Waals surface area contributed by atoms with E-state index in [1.165, 1.54) is 6.92 Å². The average molecular weight is 205 g/mol. The van der Waals surface area contributed by atoms with Gasteiger partial charge in [0.1, 0.15) is 0 Å². The number of carbonyl (C=O) groups is 3. The van der Waals surface area contributed by atoms with Crippen LogP contribution >= 0.6 is 0 Å². The number of carboxylic acid groups (broad SMARTS) is 2. The Morgan fingerprint density at radius 3 is 2.07 bits per heavy atom. The molecule has 0 unspecified atom stereocenters. The van der Waals surface area contributed by atoms with Gasteiger partial charge in [0.05, 0.1) is 0 Å². The molecule has 0 heterocycles. The fourth-order valence-corrected chi connectivity index (χ4v) is 0.632. The van der Waals surface area contributed by atoms with Crippen LogP contribution in [0, 0.1) is 0 Å². The molecule has 0 aromatic rings. The van der Waals surface area contributed by atoms with Crippen molar-refractivity contribution in [2.24, 2.45) is 5.73 Å². The first-order valence-corrected chi connectivity index (χ1v) is 3.80. The number of esters is 1. The summed E-state index contributed by atoms with van der Waals surface area (Å²) in [5.41, 5.74) is 5.01. The molecule has 0 fully saturated rings. The largest absolute Gasteiger partial charge is 0.480 e. The monoisotopic (exact) mass is 205 g/mol. The third kappa shape index (κ3) is 3.40. The predicted octanol–water partition coefficient (Wildman–Crippen LogP) is -1.20. The Labute approximate surface area is 79.5 Å². The Hall–Kier alpha value is -1.63. The molecule has 80 valence electrons. The summed E-state index contributed by atoms with van der Waals surface area (Å²) < 4.78 is 4.34. The molecule has 0 amide bonds. The van der Waals surface area contributed by atoms with E-state index in [4.69, 9.17) is 15.9 Å². The topological polar surface area (TPSA) is 127 Å². The van der Waals surface area contributed by atoms with Crippen LogP contribution in [0.5, 0.6) is 0 Å². The first kappa shape index (κ1) is 12.4. The van der Waals surface area contributed by atoms with Crippen molar-refractivity contribution >= 4 is 17.9 Å². The Balaban J connectivity index is 4.52. The molecule has 0 aliphatic heterocycles. The van der Waals surface area contributed by atoms with Crippen LogP contribution in [0.15, 0.2) is 0 Å². The quantitative estimate of drug-likeness (QED) is 0.481. The molecular weight excluding hydrogens is 194 g/mol. The third-order valence-electron chi connectivity index (χ3n) is 1.40. The molecule has 7 heteroatoms. The number of nitrogens with two attached hydrogens (primary N) is 1. The van der Waals surface area contributed by atoms with Gasteiger partial charge in [0.2, 0.25) is 6.10 Å². The van der Waals surface area contributed by atoms with Crippen LogP contribution in [0.1, 0.15) is 13.3 Å². The van der Waals surface area contributed by atoms with Crippen molar-refractivity contribution < 1.29 is 29.3 Å². The Kier molecular flexibility index (Phi) is 4.57. The summed E-state index contributed by atoms with van der Waals surface area (Å²) in [7, 11) is 0. The van der Waals surface area contributed by atoms with Crippen molar-refractivity contribution in [2.75, 3.05) is 0 Å². The highest BCUT2D eigenvalue weighted by Gasteiger charge is 2.33. The number of carboxylic acids is 2. The molecule has 14 heavy (non-hydrogen) atoms. The van der Waals surface area contributed by atoms with Gasteiger partial charge in [0.15, 0.2) is 6.04 Å². The van der Waals surface area contributed by atoms with E-state index in [0.717, 1.165) is 0 Å². The smallest absolute Gasteiger partial charge is 0.347 e. The Morgan fingerprint density at radius 2 is 1.79 bits per heavy atom. The Bertz CT molecular complexity index is 251. The van der Waals surface area contributed by atoms with Crippen LogP contribution in [0.3, 0.4) is 0 Å². The van der Waals surface area contributed by atoms with Gasteiger partial charge in [-0.3, -0.25) is 9.59 Å². The van der Waals surface area contributed by atoms with Crippen molar-refractivity contribution in [1.82, 2.24) is 0 Å². The fraction of sp³-hybridized carbons (Fsp3) is 0.571. The van der Waals surface area contributed by atoms with Crippen molar-refractivity contribution in [1.29, 1.82) is 0 Å². The highest BCUT2D eigenvalue weighted by molar-refractivity contribution is 5.86. The van der Waals surface area contributed by atoms with Crippen LogP contribution in [0.4, 0.5) is 0 Å². The standard InChI is InChI=1S/C7H11NO6/c1-2-3(9)14-5(7(12)13)4(8)6(10)11/h4-5H,2,8H2,1H3,(H,10,11)(H,12,13)/t4-,5-/m0/s1. The van der Waals surface area contributed by atoms with E-state index >= 15 is 0 Å². The number of ether oxygens (including phenoxy) is 1. The second-order valence-corrected chi connectivity index (χ2v) is 2.47. The van der Waals surface area contributed by atoms with E-state index in [2.05, 4.69) is 4.74 Å². The van der Waals surface area contributed by atoms with Gasteiger partial charge in [0.25, 0.3) is 0 Å². The van der Waals surface area contributed by atoms with Gasteiger partial charge >= 0.3 is 17.9 Å². The zero-order valence-electron chi connectivity index (χ0n) is 7.47. The summed E-state index contributed by atoms with van der Waals surface area (Å²) in [5, 5.41) is 16.9. The van der Waals surface area contributed by atoms with E-state index in [1.807, 2.05) is 0 Å². The van der Waals surface area contributed by atoms with Crippen LogP contribution in [-0.4, -0.2) is 40.3 Å². The van der Waals surface area contributed by atoms with Gasteiger partial charge in [-0.15, -0.1) is 0 Å². The molecule has 2 atom stereocenters. The molecule has 0 aromatic heterocycles. The van der Waals surface area contributed by atoms with Gasteiger partial charge in [0, 0.05) is 6.42 Å². The maximum atomic E-state index is 10.7. The minimum absolute atomic E-state index is 0.0455. The summed E-state index contributed by atoms with van der Waals surface area (Å²) in [6.07, 6.45) is -1.89. The summed E-state index contributed by atoms with van der Waals surface area (Å²) in [4.78, 5) is 31.5. The SMILES string of the molecule is CCC(=O)O[C@H](C(=O)O)[C@H](N)C(=O)O. The number of carbonyl (C=O) groups excluding carboxylic acids is 1. The van der Waals surface area contributed by atoms with Crippen molar-refractivity contribution in [3.8, 4) is 0 Å². The lowest BCUT2D eigenvalue weighted by atomic mass is 10.2. The summed E-state index contributed by atoms with van der Waals surface area (Å²) in [5.74, 6) is -3.93. The first-order valence-electron chi connectivity index (χ1n) is 3.80. The first-order chi connectivity index (χ1) is 6.40. The van der Waals surface area contributed by atoms with Crippen molar-refractivity contribution in [3.05, 3.63) is 0 Å². The minimum atomic E-state index is -1.85. The van der Waals surface area contributed by atoms with Crippen LogP contribution in [0.25, 0.3) is 0 Å². The number of hydrogen-bond acceptors (Lipinski definition) is 5. The molecule has 7 nitrogen and oxygen atoms in total. The normalized spacial score (nSPS) is 14.1. The number of rotatable bonds is 5. The minimum Gasteiger partial charge on any atom is -0.480 e. The average Bonchev–Trinajstić information content (AvgIpc) is 2.11. The molecule has 0 aromatic carbocycles. The lowest BCUT2D eigenvalue weighted by molar-refractivity contribution is -0.168. The molecule has 0 rings (SSSR count). The highest BCUT2D eigenvalue weighted by atomic mass is 16.6. The lowest BCUT2D eigenvalue weighted by Crippen LogP contribution is -2.48. The van der Waals surface area contributed by atoms with Gasteiger partial charge in [-0.2, -0.15) is 0 Å². The molecule has 4 N–H and O–H groups in total. The van der Waals surface area contributed by atoms with Crippen LogP contribution in [0.2, 0.25) is 0 Å². The lowest BCUT2D eigenvalue weighted by Gasteiger charge is -2.16. The summed E-state index contributed by atoms with van der Waals surface area (Å²) in [6.45, 7) is 1.45. The molecule has 0 aliphatic carbocycles. The zero-order chi connectivity index (χ0) is 11.3. The molecule has 0 aliphatic rings. The molecule has 0 saturated heterocycles. The van der Waals surface area contributed by atoms with Gasteiger partial charge in [-0.05, 0) is 0 Å². The van der Waals surface area contributed by atoms with Crippen molar-refractivity contribution in [3.63, 3.8) is 0 Å². The molecule has 0 spiro atoms. The molecule has 0 bridgehead atoms. The maximum Gasteiger partial charge on any atom is 0.347 e. The van der Waals surface area contributed by atoms with E-state index in [0.29, 0.717) is 0 Å². The van der Waals surface area contributed by atoms with E-state index in [9.17, 15) is 14.4 Å². The van der Waals surface area contributed by atoms with Crippen LogP contribution in [-0.2, 0) is 19.1 Å². The summed E-state index contributed by atoms with van der Waals surface area (Å²) >= 11 is 0. The Morgan fingerprint density at radius 1 is 1.29 bits per heavy atom. The molecule has 0 radical (unpaired) electrons. The maximum absolute atomic E-state index is 10.7. The number of hydrogen-bond donors (Lipinski definition) is 3. The van der Waals surface area contributed by atoms with Gasteiger partial charge in [-0.1, -0.05) is 6.92 Å². The molecular formula is C7H11NO6. The van der Waals surface area contributed by atoms with E-state index < -0.39 is 30.1 Å². The van der Waals surface area contributed by atoms with Gasteiger partial charge < -0.3 is 20.7 Å². The van der Waals surface area contributed by atoms with Crippen molar-refractivity contribution in [2.45, 2.75) is 25.5 Å². The second kappa shape index (κ2) is 5.18. The fourth-order valence-electron chi connectivity index (χ4n) is 0.632. The van der Waals surface area contributed by atoms with E-state index in [-0.39, 0.29) is 6.42 Å². The third-order valence-corrected chi connectivity index (χ3v) is 1.40. The highest BCUT2D eigenvalue weighted by Crippen LogP contribution is 2.00. The zero-order valence-corrected chi connectivity index (χ0v) is 7.47. The molecule has 0 saturated carbocycles. The summed E-state index contributed by atoms with van der Waals surface area (Å²) in [6, 6.07) is -1.76. The second-order valence-electron chi connectivity index (χ2n) is 2.47. The number of aliphatic carboxylic acids is 2. The predicted molar refractivity (Wildman–Crippen MR) is 43.4 cm³/mol. The van der Waals surface area contributed by atoms with Crippen LogP contribution < -0.4 is 5.73 Å².